The number of nitrogens with zero attached hydrogens (tertiary/aromatic N) is 1. The Morgan fingerprint density at radius 1 is 1.33 bits per heavy atom. The largest absolute Gasteiger partial charge is 0.479 e. The number of pyridine rings is 1. The van der Waals surface area contributed by atoms with Gasteiger partial charge in [-0.15, -0.1) is 0 Å². The Kier molecular flexibility index (Phi) is 6.50. The summed E-state index contributed by atoms with van der Waals surface area (Å²) in [5.41, 5.74) is 2.48. The number of rotatable bonds is 5. The molecule has 0 saturated carbocycles. The summed E-state index contributed by atoms with van der Waals surface area (Å²) in [6.45, 7) is 9.30. The first-order valence-electron chi connectivity index (χ1n) is 8.93. The van der Waals surface area contributed by atoms with Crippen molar-refractivity contribution in [3.05, 3.63) is 51.7 Å². The first kappa shape index (κ1) is 21.2. The third-order valence-corrected chi connectivity index (χ3v) is 4.80. The Hall–Kier alpha value is -2.11. The lowest BCUT2D eigenvalue weighted by molar-refractivity contribution is -0.123. The maximum atomic E-state index is 12.7. The van der Waals surface area contributed by atoms with E-state index in [0.29, 0.717) is 28.3 Å². The number of carbonyl (C=O) groups excluding carboxylic acids is 1. The Morgan fingerprint density at radius 2 is 1.96 bits per heavy atom. The number of amides is 1. The predicted octanol–water partition coefficient (Wildman–Crippen LogP) is 4.68. The number of methoxy groups -OCH3 is 1. The molecular weight excluding hydrogens is 364 g/mol. The molecule has 1 amide bonds. The molecule has 0 fully saturated rings. The Balaban J connectivity index is 2.74. The number of aliphatic hydroxyl groups is 1. The summed E-state index contributed by atoms with van der Waals surface area (Å²) in [5, 5.41) is 14.6. The topological polar surface area (TPSA) is 71.5 Å². The van der Waals surface area contributed by atoms with Crippen molar-refractivity contribution in [1.82, 2.24) is 4.98 Å². The van der Waals surface area contributed by atoms with Gasteiger partial charge in [0.05, 0.1) is 7.11 Å². The van der Waals surface area contributed by atoms with Crippen molar-refractivity contribution in [2.75, 3.05) is 12.4 Å². The van der Waals surface area contributed by atoms with Crippen molar-refractivity contribution in [3.63, 3.8) is 0 Å². The fourth-order valence-corrected chi connectivity index (χ4v) is 3.15. The number of anilines is 1. The smallest absolute Gasteiger partial charge is 0.238 e. The minimum Gasteiger partial charge on any atom is -0.479 e. The van der Waals surface area contributed by atoms with Crippen molar-refractivity contribution in [3.8, 4) is 5.88 Å². The SMILES string of the molecule is CCc1c(C)nc(OC)c(NC(=O)C(C)(C)C)c1C(O)c1ccccc1Cl. The number of hydrogen-bond acceptors (Lipinski definition) is 4. The van der Waals surface area contributed by atoms with Crippen LogP contribution >= 0.6 is 11.6 Å². The van der Waals surface area contributed by atoms with Crippen LogP contribution in [-0.2, 0) is 11.2 Å². The van der Waals surface area contributed by atoms with Crippen molar-refractivity contribution in [2.45, 2.75) is 47.1 Å². The second kappa shape index (κ2) is 8.28. The first-order valence-corrected chi connectivity index (χ1v) is 9.30. The number of halogens is 1. The van der Waals surface area contributed by atoms with E-state index in [1.807, 2.05) is 40.7 Å². The fraction of sp³-hybridized carbons (Fsp3) is 0.429. The maximum Gasteiger partial charge on any atom is 0.238 e. The molecule has 1 aromatic heterocycles. The van der Waals surface area contributed by atoms with Gasteiger partial charge in [0.1, 0.15) is 11.8 Å². The van der Waals surface area contributed by atoms with Crippen molar-refractivity contribution < 1.29 is 14.6 Å². The zero-order chi connectivity index (χ0) is 20.4. The number of carbonyl (C=O) groups is 1. The van der Waals surface area contributed by atoms with Crippen molar-refractivity contribution >= 4 is 23.2 Å². The molecule has 1 unspecified atom stereocenters. The number of nitrogens with one attached hydrogen (secondary N) is 1. The predicted molar refractivity (Wildman–Crippen MR) is 109 cm³/mol. The molecule has 0 radical (unpaired) electrons. The highest BCUT2D eigenvalue weighted by Gasteiger charge is 2.29. The molecule has 0 aliphatic heterocycles. The molecule has 2 rings (SSSR count). The summed E-state index contributed by atoms with van der Waals surface area (Å²) in [6.07, 6.45) is -0.391. The quantitative estimate of drug-likeness (QED) is 0.777. The highest BCUT2D eigenvalue weighted by molar-refractivity contribution is 6.31. The molecule has 1 aromatic carbocycles. The molecule has 0 aliphatic rings. The van der Waals surface area contributed by atoms with E-state index < -0.39 is 11.5 Å². The van der Waals surface area contributed by atoms with E-state index in [2.05, 4.69) is 10.3 Å². The molecule has 1 atom stereocenters. The van der Waals surface area contributed by atoms with E-state index in [1.165, 1.54) is 7.11 Å². The van der Waals surface area contributed by atoms with Gasteiger partial charge in [-0.2, -0.15) is 0 Å². The minimum absolute atomic E-state index is 0.193. The standard InChI is InChI=1S/C21H27ClN2O3/c1-7-13-12(2)23-19(27-6)17(24-20(26)21(3,4)5)16(13)18(25)14-10-8-9-11-15(14)22/h8-11,18,25H,7H2,1-6H3,(H,24,26). The van der Waals surface area contributed by atoms with Gasteiger partial charge in [-0.05, 0) is 25.0 Å². The summed E-state index contributed by atoms with van der Waals surface area (Å²) in [4.78, 5) is 17.1. The summed E-state index contributed by atoms with van der Waals surface area (Å²) >= 11 is 6.31. The normalized spacial score (nSPS) is 12.6. The highest BCUT2D eigenvalue weighted by atomic mass is 35.5. The Bertz CT molecular complexity index is 844. The van der Waals surface area contributed by atoms with Crippen LogP contribution in [0.15, 0.2) is 24.3 Å². The van der Waals surface area contributed by atoms with Crippen molar-refractivity contribution in [1.29, 1.82) is 0 Å². The number of ether oxygens (including phenoxy) is 1. The summed E-state index contributed by atoms with van der Waals surface area (Å²) in [5.74, 6) is 0.0736. The van der Waals surface area contributed by atoms with E-state index in [9.17, 15) is 9.90 Å². The van der Waals surface area contributed by atoms with Gasteiger partial charge in [0.15, 0.2) is 0 Å². The van der Waals surface area contributed by atoms with Crippen LogP contribution in [0.4, 0.5) is 5.69 Å². The lowest BCUT2D eigenvalue weighted by Gasteiger charge is -2.25. The average Bonchev–Trinajstić information content (AvgIpc) is 2.61. The van der Waals surface area contributed by atoms with Crippen LogP contribution in [0.5, 0.6) is 5.88 Å². The lowest BCUT2D eigenvalue weighted by Crippen LogP contribution is -2.29. The number of aromatic nitrogens is 1. The van der Waals surface area contributed by atoms with Crippen LogP contribution in [0.2, 0.25) is 5.02 Å². The van der Waals surface area contributed by atoms with Gasteiger partial charge < -0.3 is 15.2 Å². The molecule has 5 nitrogen and oxygen atoms in total. The van der Waals surface area contributed by atoms with Crippen LogP contribution in [0.25, 0.3) is 0 Å². The Labute approximate surface area is 165 Å². The molecule has 2 N–H and O–H groups in total. The summed E-state index contributed by atoms with van der Waals surface area (Å²) in [7, 11) is 1.49. The summed E-state index contributed by atoms with van der Waals surface area (Å²) in [6, 6.07) is 7.11. The van der Waals surface area contributed by atoms with Gasteiger partial charge in [-0.3, -0.25) is 4.79 Å². The van der Waals surface area contributed by atoms with Crippen LogP contribution in [0.3, 0.4) is 0 Å². The second-order valence-electron chi connectivity index (χ2n) is 7.46. The van der Waals surface area contributed by atoms with Gasteiger partial charge in [-0.25, -0.2) is 4.98 Å². The van der Waals surface area contributed by atoms with Crippen LogP contribution < -0.4 is 10.1 Å². The minimum atomic E-state index is -1.03. The molecule has 2 aromatic rings. The molecular formula is C21H27ClN2O3. The molecule has 146 valence electrons. The van der Waals surface area contributed by atoms with E-state index in [0.717, 1.165) is 11.3 Å². The molecule has 0 bridgehead atoms. The van der Waals surface area contributed by atoms with E-state index in [-0.39, 0.29) is 11.8 Å². The fourth-order valence-electron chi connectivity index (χ4n) is 2.91. The van der Waals surface area contributed by atoms with Crippen molar-refractivity contribution in [2.24, 2.45) is 5.41 Å². The molecule has 0 saturated heterocycles. The van der Waals surface area contributed by atoms with Gasteiger partial charge in [0.2, 0.25) is 11.8 Å². The number of benzene rings is 1. The molecule has 27 heavy (non-hydrogen) atoms. The average molecular weight is 391 g/mol. The molecule has 0 aliphatic carbocycles. The zero-order valence-corrected chi connectivity index (χ0v) is 17.4. The van der Waals surface area contributed by atoms with Gasteiger partial charge in [-0.1, -0.05) is 57.5 Å². The van der Waals surface area contributed by atoms with E-state index >= 15 is 0 Å². The lowest BCUT2D eigenvalue weighted by atomic mass is 9.91. The third kappa shape index (κ3) is 4.42. The number of aliphatic hydroxyl groups excluding tert-OH is 1. The monoisotopic (exact) mass is 390 g/mol. The van der Waals surface area contributed by atoms with Gasteiger partial charge >= 0.3 is 0 Å². The molecule has 6 heteroatoms. The van der Waals surface area contributed by atoms with Crippen LogP contribution in [-0.4, -0.2) is 23.1 Å². The first-order chi connectivity index (χ1) is 12.6. The summed E-state index contributed by atoms with van der Waals surface area (Å²) < 4.78 is 5.43. The molecule has 0 spiro atoms. The van der Waals surface area contributed by atoms with Crippen LogP contribution in [0, 0.1) is 12.3 Å². The van der Waals surface area contributed by atoms with Crippen LogP contribution in [0.1, 0.15) is 56.2 Å². The van der Waals surface area contributed by atoms with Gasteiger partial charge in [0, 0.05) is 27.3 Å². The third-order valence-electron chi connectivity index (χ3n) is 4.45. The molecule has 1 heterocycles. The second-order valence-corrected chi connectivity index (χ2v) is 7.86. The van der Waals surface area contributed by atoms with Gasteiger partial charge in [0.25, 0.3) is 0 Å². The van der Waals surface area contributed by atoms with E-state index in [1.54, 1.807) is 18.2 Å². The maximum absolute atomic E-state index is 12.7. The number of aryl methyl sites for hydroxylation is 1. The Morgan fingerprint density at radius 3 is 2.48 bits per heavy atom. The van der Waals surface area contributed by atoms with E-state index in [4.69, 9.17) is 16.3 Å². The number of hydrogen-bond donors (Lipinski definition) is 2. The zero-order valence-electron chi connectivity index (χ0n) is 16.7. The highest BCUT2D eigenvalue weighted by Crippen LogP contribution is 2.40.